The summed E-state index contributed by atoms with van der Waals surface area (Å²) in [5, 5.41) is 4.92. The first-order valence-corrected chi connectivity index (χ1v) is 10.6. The molecule has 32 heavy (non-hydrogen) atoms. The minimum Gasteiger partial charge on any atom is -0.488 e. The lowest BCUT2D eigenvalue weighted by Gasteiger charge is -2.10. The van der Waals surface area contributed by atoms with Crippen LogP contribution in [0.25, 0.3) is 11.0 Å². The van der Waals surface area contributed by atoms with Crippen LogP contribution in [-0.4, -0.2) is 18.9 Å². The lowest BCUT2D eigenvalue weighted by molar-refractivity contribution is 0.0929. The van der Waals surface area contributed by atoms with Gasteiger partial charge >= 0.3 is 5.91 Å². The van der Waals surface area contributed by atoms with E-state index < -0.39 is 5.91 Å². The van der Waals surface area contributed by atoms with Crippen LogP contribution in [-0.2, 0) is 6.61 Å². The standard InChI is InChI=1S/C24H17BrN2O5/c25-18-6-8-19(29-13-15-5-7-21-22(9-15)31-14-30-21)17(10-18)12-26-27-24(28)23-11-16-3-1-2-4-20(16)32-23/h1-12H,13-14H2,(H,27,28)/b26-12+. The number of carbonyl (C=O) groups excluding carboxylic acids is 1. The van der Waals surface area contributed by atoms with Crippen LogP contribution < -0.4 is 19.6 Å². The number of hydrogen-bond donors (Lipinski definition) is 1. The first kappa shape index (κ1) is 20.1. The minimum atomic E-state index is -0.435. The second-order valence-electron chi connectivity index (χ2n) is 7.01. The van der Waals surface area contributed by atoms with Gasteiger partial charge in [0.2, 0.25) is 6.79 Å². The molecule has 1 N–H and O–H groups in total. The van der Waals surface area contributed by atoms with E-state index in [9.17, 15) is 4.79 Å². The van der Waals surface area contributed by atoms with E-state index in [4.69, 9.17) is 18.6 Å². The highest BCUT2D eigenvalue weighted by Gasteiger charge is 2.14. The molecule has 0 fully saturated rings. The maximum atomic E-state index is 12.4. The molecule has 8 heteroatoms. The molecule has 4 aromatic rings. The Morgan fingerprint density at radius 1 is 1.06 bits per heavy atom. The summed E-state index contributed by atoms with van der Waals surface area (Å²) in [7, 11) is 0. The average molecular weight is 493 g/mol. The molecule has 1 amide bonds. The summed E-state index contributed by atoms with van der Waals surface area (Å²) in [6.45, 7) is 0.567. The van der Waals surface area contributed by atoms with E-state index in [1.165, 1.54) is 6.21 Å². The molecule has 0 atom stereocenters. The normalized spacial score (nSPS) is 12.4. The molecule has 0 radical (unpaired) electrons. The lowest BCUT2D eigenvalue weighted by atomic mass is 10.2. The monoisotopic (exact) mass is 492 g/mol. The summed E-state index contributed by atoms with van der Waals surface area (Å²) < 4.78 is 23.1. The Kier molecular flexibility index (Phi) is 5.51. The van der Waals surface area contributed by atoms with Gasteiger partial charge in [0.15, 0.2) is 17.3 Å². The van der Waals surface area contributed by atoms with Crippen molar-refractivity contribution in [1.29, 1.82) is 0 Å². The van der Waals surface area contributed by atoms with E-state index in [0.29, 0.717) is 29.3 Å². The van der Waals surface area contributed by atoms with E-state index in [1.54, 1.807) is 12.1 Å². The molecule has 0 spiro atoms. The third kappa shape index (κ3) is 4.31. The first-order chi connectivity index (χ1) is 15.7. The van der Waals surface area contributed by atoms with Gasteiger partial charge in [-0.2, -0.15) is 5.10 Å². The molecule has 0 bridgehead atoms. The van der Waals surface area contributed by atoms with Gasteiger partial charge in [-0.05, 0) is 48.0 Å². The number of hydrogen-bond acceptors (Lipinski definition) is 6. The molecule has 0 unspecified atom stereocenters. The molecule has 3 aromatic carbocycles. The maximum absolute atomic E-state index is 12.4. The van der Waals surface area contributed by atoms with Gasteiger partial charge in [0.05, 0.1) is 6.21 Å². The fraction of sp³-hybridized carbons (Fsp3) is 0.0833. The number of para-hydroxylation sites is 1. The summed E-state index contributed by atoms with van der Waals surface area (Å²) >= 11 is 3.45. The average Bonchev–Trinajstić information content (AvgIpc) is 3.45. The second-order valence-corrected chi connectivity index (χ2v) is 7.92. The molecular weight excluding hydrogens is 476 g/mol. The van der Waals surface area contributed by atoms with Crippen molar-refractivity contribution in [2.75, 3.05) is 6.79 Å². The SMILES string of the molecule is O=C(N/N=C/c1cc(Br)ccc1OCc1ccc2c(c1)OCO2)c1cc2ccccc2o1. The lowest BCUT2D eigenvalue weighted by Crippen LogP contribution is -2.16. The zero-order valence-corrected chi connectivity index (χ0v) is 18.3. The highest BCUT2D eigenvalue weighted by atomic mass is 79.9. The fourth-order valence-electron chi connectivity index (χ4n) is 3.25. The van der Waals surface area contributed by atoms with E-state index in [2.05, 4.69) is 26.5 Å². The van der Waals surface area contributed by atoms with Crippen LogP contribution in [0.4, 0.5) is 0 Å². The smallest absolute Gasteiger partial charge is 0.307 e. The summed E-state index contributed by atoms with van der Waals surface area (Å²) in [6, 6.07) is 20.3. The predicted molar refractivity (Wildman–Crippen MR) is 122 cm³/mol. The zero-order valence-electron chi connectivity index (χ0n) is 16.7. The van der Waals surface area contributed by atoms with Crippen LogP contribution in [0.15, 0.2) is 80.7 Å². The number of ether oxygens (including phenoxy) is 3. The van der Waals surface area contributed by atoms with Gasteiger partial charge < -0.3 is 18.6 Å². The number of nitrogens with zero attached hydrogens (tertiary/aromatic N) is 1. The van der Waals surface area contributed by atoms with Gasteiger partial charge in [-0.3, -0.25) is 4.79 Å². The van der Waals surface area contributed by atoms with E-state index >= 15 is 0 Å². The maximum Gasteiger partial charge on any atom is 0.307 e. The Morgan fingerprint density at radius 2 is 1.94 bits per heavy atom. The van der Waals surface area contributed by atoms with Crippen molar-refractivity contribution < 1.29 is 23.4 Å². The van der Waals surface area contributed by atoms with E-state index in [1.807, 2.05) is 54.6 Å². The summed E-state index contributed by atoms with van der Waals surface area (Å²) in [5.74, 6) is 1.81. The van der Waals surface area contributed by atoms with Crippen LogP contribution in [0.2, 0.25) is 0 Å². The predicted octanol–water partition coefficient (Wildman–Crippen LogP) is 5.27. The van der Waals surface area contributed by atoms with Crippen LogP contribution in [0.3, 0.4) is 0 Å². The molecule has 5 rings (SSSR count). The largest absolute Gasteiger partial charge is 0.488 e. The van der Waals surface area contributed by atoms with Crippen LogP contribution in [0.5, 0.6) is 17.2 Å². The number of amides is 1. The Balaban J connectivity index is 1.27. The first-order valence-electron chi connectivity index (χ1n) is 9.78. The van der Waals surface area contributed by atoms with Crippen molar-refractivity contribution >= 4 is 39.0 Å². The van der Waals surface area contributed by atoms with Crippen LogP contribution >= 0.6 is 15.9 Å². The number of halogens is 1. The molecule has 2 heterocycles. The Morgan fingerprint density at radius 3 is 2.84 bits per heavy atom. The topological polar surface area (TPSA) is 82.3 Å². The number of carbonyl (C=O) groups is 1. The zero-order chi connectivity index (χ0) is 21.9. The summed E-state index contributed by atoms with van der Waals surface area (Å²) in [5.41, 5.74) is 4.78. The molecule has 1 aromatic heterocycles. The van der Waals surface area contributed by atoms with Crippen molar-refractivity contribution in [3.8, 4) is 17.2 Å². The number of rotatable bonds is 6. The van der Waals surface area contributed by atoms with Crippen molar-refractivity contribution in [2.45, 2.75) is 6.61 Å². The number of hydrazone groups is 1. The highest BCUT2D eigenvalue weighted by molar-refractivity contribution is 9.10. The molecule has 1 aliphatic rings. The van der Waals surface area contributed by atoms with Crippen molar-refractivity contribution in [2.24, 2.45) is 5.10 Å². The second kappa shape index (κ2) is 8.76. The van der Waals surface area contributed by atoms with Gasteiger partial charge in [-0.15, -0.1) is 0 Å². The van der Waals surface area contributed by atoms with Crippen LogP contribution in [0.1, 0.15) is 21.7 Å². The number of fused-ring (bicyclic) bond motifs is 2. The third-order valence-electron chi connectivity index (χ3n) is 4.82. The van der Waals surface area contributed by atoms with Gasteiger partial charge in [0.1, 0.15) is 17.9 Å². The molecule has 7 nitrogen and oxygen atoms in total. The van der Waals surface area contributed by atoms with Gasteiger partial charge in [0.25, 0.3) is 0 Å². The van der Waals surface area contributed by atoms with E-state index in [-0.39, 0.29) is 12.6 Å². The van der Waals surface area contributed by atoms with Crippen molar-refractivity contribution in [1.82, 2.24) is 5.43 Å². The third-order valence-corrected chi connectivity index (χ3v) is 5.32. The molecule has 160 valence electrons. The number of nitrogens with one attached hydrogen (secondary N) is 1. The molecule has 0 saturated heterocycles. The quantitative estimate of drug-likeness (QED) is 0.293. The molecule has 1 aliphatic heterocycles. The highest BCUT2D eigenvalue weighted by Crippen LogP contribution is 2.33. The van der Waals surface area contributed by atoms with E-state index in [0.717, 1.165) is 21.2 Å². The van der Waals surface area contributed by atoms with Gasteiger partial charge in [-0.1, -0.05) is 40.2 Å². The Bertz CT molecular complexity index is 1300. The van der Waals surface area contributed by atoms with Crippen LogP contribution in [0, 0.1) is 0 Å². The molecular formula is C24H17BrN2O5. The Labute approximate surface area is 191 Å². The summed E-state index contributed by atoms with van der Waals surface area (Å²) in [6.07, 6.45) is 1.53. The fourth-order valence-corrected chi connectivity index (χ4v) is 3.63. The molecule has 0 saturated carbocycles. The summed E-state index contributed by atoms with van der Waals surface area (Å²) in [4.78, 5) is 12.4. The number of benzene rings is 3. The van der Waals surface area contributed by atoms with Crippen molar-refractivity contribution in [3.05, 3.63) is 88.1 Å². The van der Waals surface area contributed by atoms with Gasteiger partial charge in [-0.25, -0.2) is 5.43 Å². The minimum absolute atomic E-state index is 0.192. The van der Waals surface area contributed by atoms with Crippen molar-refractivity contribution in [3.63, 3.8) is 0 Å². The van der Waals surface area contributed by atoms with Gasteiger partial charge in [0, 0.05) is 15.4 Å². The molecule has 0 aliphatic carbocycles. The Hall–Kier alpha value is -3.78. The number of furan rings is 1.